The Labute approximate surface area is 139 Å². The number of hydrogen-bond donors (Lipinski definition) is 1. The maximum absolute atomic E-state index is 14.4. The minimum absolute atomic E-state index is 0.234. The van der Waals surface area contributed by atoms with Gasteiger partial charge in [-0.05, 0) is 48.6 Å². The predicted molar refractivity (Wildman–Crippen MR) is 91.4 cm³/mol. The molecule has 0 aliphatic heterocycles. The third-order valence-corrected chi connectivity index (χ3v) is 4.35. The largest absolute Gasteiger partial charge is 0.508 e. The second kappa shape index (κ2) is 6.07. The molecule has 1 fully saturated rings. The highest BCUT2D eigenvalue weighted by atomic mass is 19.1. The number of anilines is 1. The summed E-state index contributed by atoms with van der Waals surface area (Å²) < 4.78 is 14.4. The topological polar surface area (TPSA) is 49.2 Å². The highest BCUT2D eigenvalue weighted by molar-refractivity contribution is 5.89. The third kappa shape index (κ3) is 3.02. The molecule has 0 atom stereocenters. The number of hydrogen-bond acceptors (Lipinski definition) is 4. The number of halogens is 1. The summed E-state index contributed by atoms with van der Waals surface area (Å²) in [6.45, 7) is 1.40. The van der Waals surface area contributed by atoms with Crippen molar-refractivity contribution < 1.29 is 9.50 Å². The molecule has 0 spiro atoms. The minimum atomic E-state index is -0.306. The molecule has 1 aliphatic carbocycles. The van der Waals surface area contributed by atoms with Crippen molar-refractivity contribution in [1.82, 2.24) is 9.97 Å². The van der Waals surface area contributed by atoms with E-state index in [4.69, 9.17) is 0 Å². The molecule has 4 rings (SSSR count). The molecular formula is C19H18FN3O. The van der Waals surface area contributed by atoms with E-state index in [2.05, 4.69) is 14.9 Å². The Morgan fingerprint density at radius 1 is 1.12 bits per heavy atom. The predicted octanol–water partition coefficient (Wildman–Crippen LogP) is 3.89. The maximum Gasteiger partial charge on any atom is 0.143 e. The molecule has 24 heavy (non-hydrogen) atoms. The van der Waals surface area contributed by atoms with E-state index in [1.54, 1.807) is 24.3 Å². The van der Waals surface area contributed by atoms with Crippen LogP contribution in [0.3, 0.4) is 0 Å². The van der Waals surface area contributed by atoms with Gasteiger partial charge in [0.1, 0.15) is 23.7 Å². The molecule has 122 valence electrons. The first-order valence-electron chi connectivity index (χ1n) is 8.13. The number of nitrogens with zero attached hydrogens (tertiary/aromatic N) is 3. The first-order chi connectivity index (χ1) is 11.7. The van der Waals surface area contributed by atoms with Crippen molar-refractivity contribution in [3.63, 3.8) is 0 Å². The Balaban J connectivity index is 1.76. The Kier molecular flexibility index (Phi) is 3.76. The van der Waals surface area contributed by atoms with Gasteiger partial charge in [0.2, 0.25) is 0 Å². The van der Waals surface area contributed by atoms with Gasteiger partial charge >= 0.3 is 0 Å². The van der Waals surface area contributed by atoms with Gasteiger partial charge in [-0.3, -0.25) is 0 Å². The van der Waals surface area contributed by atoms with E-state index >= 15 is 0 Å². The van der Waals surface area contributed by atoms with Crippen LogP contribution in [0.2, 0.25) is 0 Å². The number of phenols is 1. The maximum atomic E-state index is 14.4. The second-order valence-electron chi connectivity index (χ2n) is 6.33. The summed E-state index contributed by atoms with van der Waals surface area (Å²) in [6.07, 6.45) is 3.88. The molecule has 3 aromatic rings. The van der Waals surface area contributed by atoms with Gasteiger partial charge in [-0.15, -0.1) is 0 Å². The molecule has 1 aromatic heterocycles. The van der Waals surface area contributed by atoms with Crippen LogP contribution >= 0.6 is 0 Å². The van der Waals surface area contributed by atoms with Gasteiger partial charge < -0.3 is 10.0 Å². The lowest BCUT2D eigenvalue weighted by molar-refractivity contribution is 0.474. The SMILES string of the molecule is Oc1cccc(CN(CC2CC2)c2ncnc3cccc(F)c23)c1. The summed E-state index contributed by atoms with van der Waals surface area (Å²) in [6, 6.07) is 12.1. The number of rotatable bonds is 5. The van der Waals surface area contributed by atoms with Gasteiger partial charge in [-0.25, -0.2) is 14.4 Å². The summed E-state index contributed by atoms with van der Waals surface area (Å²) in [5.41, 5.74) is 1.58. The van der Waals surface area contributed by atoms with Gasteiger partial charge in [-0.2, -0.15) is 0 Å². The fraction of sp³-hybridized carbons (Fsp3) is 0.263. The lowest BCUT2D eigenvalue weighted by Gasteiger charge is -2.25. The third-order valence-electron chi connectivity index (χ3n) is 4.35. The summed E-state index contributed by atoms with van der Waals surface area (Å²) in [7, 11) is 0. The van der Waals surface area contributed by atoms with E-state index in [1.807, 2.05) is 12.1 Å². The fourth-order valence-electron chi connectivity index (χ4n) is 3.00. The number of fused-ring (bicyclic) bond motifs is 1. The lowest BCUT2D eigenvalue weighted by atomic mass is 10.1. The van der Waals surface area contributed by atoms with Crippen LogP contribution in [0.4, 0.5) is 10.2 Å². The fourth-order valence-corrected chi connectivity index (χ4v) is 3.00. The molecular weight excluding hydrogens is 305 g/mol. The van der Waals surface area contributed by atoms with Crippen LogP contribution in [0, 0.1) is 11.7 Å². The Hall–Kier alpha value is -2.69. The standard InChI is InChI=1S/C19H18FN3O/c20-16-5-2-6-17-18(16)19(22-12-21-17)23(10-13-7-8-13)11-14-3-1-4-15(24)9-14/h1-6,9,12-13,24H,7-8,10-11H2. The molecule has 0 bridgehead atoms. The van der Waals surface area contributed by atoms with E-state index in [0.717, 1.165) is 12.1 Å². The second-order valence-corrected chi connectivity index (χ2v) is 6.33. The van der Waals surface area contributed by atoms with Crippen molar-refractivity contribution in [2.24, 2.45) is 5.92 Å². The first-order valence-corrected chi connectivity index (χ1v) is 8.13. The minimum Gasteiger partial charge on any atom is -0.508 e. The van der Waals surface area contributed by atoms with Crippen LogP contribution in [0.5, 0.6) is 5.75 Å². The van der Waals surface area contributed by atoms with E-state index in [9.17, 15) is 9.50 Å². The molecule has 0 saturated heterocycles. The normalized spacial score (nSPS) is 14.0. The van der Waals surface area contributed by atoms with E-state index in [0.29, 0.717) is 29.2 Å². The summed E-state index contributed by atoms with van der Waals surface area (Å²) in [4.78, 5) is 10.7. The molecule has 5 heteroatoms. The van der Waals surface area contributed by atoms with Crippen LogP contribution in [0.1, 0.15) is 18.4 Å². The molecule has 1 N–H and O–H groups in total. The van der Waals surface area contributed by atoms with E-state index in [1.165, 1.54) is 25.2 Å². The quantitative estimate of drug-likeness (QED) is 0.774. The van der Waals surface area contributed by atoms with Crippen molar-refractivity contribution in [3.05, 3.63) is 60.2 Å². The van der Waals surface area contributed by atoms with Crippen molar-refractivity contribution in [2.45, 2.75) is 19.4 Å². The van der Waals surface area contributed by atoms with Crippen LogP contribution in [0.15, 0.2) is 48.8 Å². The molecule has 0 amide bonds. The highest BCUT2D eigenvalue weighted by Gasteiger charge is 2.26. The zero-order chi connectivity index (χ0) is 16.5. The molecule has 4 nitrogen and oxygen atoms in total. The van der Waals surface area contributed by atoms with E-state index < -0.39 is 0 Å². The monoisotopic (exact) mass is 323 g/mol. The number of aromatic hydroxyl groups is 1. The Morgan fingerprint density at radius 2 is 1.96 bits per heavy atom. The average molecular weight is 323 g/mol. The van der Waals surface area contributed by atoms with Crippen molar-refractivity contribution in [2.75, 3.05) is 11.4 Å². The summed E-state index contributed by atoms with van der Waals surface area (Å²) >= 11 is 0. The molecule has 1 saturated carbocycles. The van der Waals surface area contributed by atoms with Crippen molar-refractivity contribution in [3.8, 4) is 5.75 Å². The van der Waals surface area contributed by atoms with Crippen LogP contribution in [0.25, 0.3) is 10.9 Å². The average Bonchev–Trinajstić information content (AvgIpc) is 3.38. The summed E-state index contributed by atoms with van der Waals surface area (Å²) in [5.74, 6) is 1.17. The van der Waals surface area contributed by atoms with Crippen LogP contribution in [-0.4, -0.2) is 21.6 Å². The molecule has 1 aliphatic rings. The van der Waals surface area contributed by atoms with Gasteiger partial charge in [0.05, 0.1) is 10.9 Å². The van der Waals surface area contributed by atoms with Crippen molar-refractivity contribution >= 4 is 16.7 Å². The Bertz CT molecular complexity index is 874. The van der Waals surface area contributed by atoms with E-state index in [-0.39, 0.29) is 11.6 Å². The van der Waals surface area contributed by atoms with Crippen molar-refractivity contribution in [1.29, 1.82) is 0 Å². The van der Waals surface area contributed by atoms with Gasteiger partial charge in [0.25, 0.3) is 0 Å². The zero-order valence-corrected chi connectivity index (χ0v) is 13.2. The molecule has 2 aromatic carbocycles. The smallest absolute Gasteiger partial charge is 0.143 e. The lowest BCUT2D eigenvalue weighted by Crippen LogP contribution is -2.26. The number of phenolic OH excluding ortho intramolecular Hbond substituents is 1. The summed E-state index contributed by atoms with van der Waals surface area (Å²) in [5, 5.41) is 10.2. The number of benzene rings is 2. The van der Waals surface area contributed by atoms with Crippen LogP contribution < -0.4 is 4.90 Å². The zero-order valence-electron chi connectivity index (χ0n) is 13.2. The molecule has 1 heterocycles. The molecule has 0 unspecified atom stereocenters. The van der Waals surface area contributed by atoms with Gasteiger partial charge in [0.15, 0.2) is 0 Å². The van der Waals surface area contributed by atoms with Gasteiger partial charge in [0, 0.05) is 13.1 Å². The molecule has 0 radical (unpaired) electrons. The van der Waals surface area contributed by atoms with Crippen LogP contribution in [-0.2, 0) is 6.54 Å². The highest BCUT2D eigenvalue weighted by Crippen LogP contribution is 2.34. The Morgan fingerprint density at radius 3 is 2.75 bits per heavy atom. The van der Waals surface area contributed by atoms with Gasteiger partial charge in [-0.1, -0.05) is 18.2 Å². The number of aromatic nitrogens is 2. The first kappa shape index (κ1) is 14.9.